The van der Waals surface area contributed by atoms with Crippen LogP contribution in [0.1, 0.15) is 68.2 Å². The third-order valence-corrected chi connectivity index (χ3v) is 1.30. The Hall–Kier alpha value is -1.75. The fourth-order valence-electron chi connectivity index (χ4n) is 0.799. The third kappa shape index (κ3) is 76.0. The van der Waals surface area contributed by atoms with Crippen LogP contribution in [0.25, 0.3) is 0 Å². The van der Waals surface area contributed by atoms with Crippen molar-refractivity contribution in [2.45, 2.75) is 80.4 Å². The quantitative estimate of drug-likeness (QED) is 0.353. The van der Waals surface area contributed by atoms with Crippen molar-refractivity contribution >= 4 is 35.4 Å². The van der Waals surface area contributed by atoms with Gasteiger partial charge in [0.25, 0.3) is 0 Å². The molecule has 0 amide bonds. The van der Waals surface area contributed by atoms with Crippen LogP contribution < -0.4 is 0 Å². The Morgan fingerprint density at radius 1 is 0.621 bits per heavy atom. The maximum Gasteiger partial charge on any atom is 0.320 e. The maximum absolute atomic E-state index is 10.4. The van der Waals surface area contributed by atoms with Crippen LogP contribution in [-0.2, 0) is 60.0 Å². The molecular formula is C18H32O10Ti. The Balaban J connectivity index is -0.0000000950. The van der Waals surface area contributed by atoms with E-state index in [1.54, 1.807) is 27.7 Å². The predicted molar refractivity (Wildman–Crippen MR) is 98.9 cm³/mol. The van der Waals surface area contributed by atoms with E-state index in [0.29, 0.717) is 0 Å². The first kappa shape index (κ1) is 37.9. The van der Waals surface area contributed by atoms with Crippen molar-refractivity contribution < 1.29 is 70.2 Å². The Kier molecular flexibility index (Phi) is 31.8. The molecule has 0 aromatic rings. The third-order valence-electron chi connectivity index (χ3n) is 1.30. The molecule has 0 heterocycles. The van der Waals surface area contributed by atoms with Crippen LogP contribution >= 0.6 is 0 Å². The molecule has 10 nitrogen and oxygen atoms in total. The van der Waals surface area contributed by atoms with Crippen LogP contribution in [0.2, 0.25) is 0 Å². The number of ketones is 2. The summed E-state index contributed by atoms with van der Waals surface area (Å²) in [7, 11) is 0. The largest absolute Gasteiger partial charge is 0.394 e. The fraction of sp³-hybridized carbons (Fsp3) is 0.667. The van der Waals surface area contributed by atoms with Crippen molar-refractivity contribution in [2.75, 3.05) is 0 Å². The number of aliphatic hydroxyl groups excluding tert-OH is 2. The second kappa shape index (κ2) is 24.3. The molecule has 0 saturated heterocycles. The van der Waals surface area contributed by atoms with Crippen LogP contribution in [0.5, 0.6) is 0 Å². The van der Waals surface area contributed by atoms with E-state index in [2.05, 4.69) is 9.47 Å². The van der Waals surface area contributed by atoms with Gasteiger partial charge < -0.3 is 19.7 Å². The number of Topliss-reactive ketones (excluding diaryl/α,β-unsaturated/α-hetero) is 2. The molecule has 0 spiro atoms. The van der Waals surface area contributed by atoms with Crippen LogP contribution in [0.15, 0.2) is 0 Å². The summed E-state index contributed by atoms with van der Waals surface area (Å²) in [6, 6.07) is 0. The summed E-state index contributed by atoms with van der Waals surface area (Å²) in [6.07, 6.45) is -1.00. The van der Waals surface area contributed by atoms with Crippen LogP contribution in [-0.4, -0.2) is 57.9 Å². The molecule has 0 aromatic heterocycles. The monoisotopic (exact) mass is 456 g/mol. The molecule has 168 valence electrons. The molecule has 0 radical (unpaired) electrons. The van der Waals surface area contributed by atoms with Gasteiger partial charge in [-0.05, 0) is 41.5 Å². The molecule has 29 heavy (non-hydrogen) atoms. The van der Waals surface area contributed by atoms with Gasteiger partial charge in [-0.2, -0.15) is 0 Å². The minimum Gasteiger partial charge on any atom is -0.394 e. The fourth-order valence-corrected chi connectivity index (χ4v) is 0.799. The van der Waals surface area contributed by atoms with Crippen molar-refractivity contribution in [3.05, 3.63) is 0 Å². The summed E-state index contributed by atoms with van der Waals surface area (Å²) in [5.74, 6) is -3.59. The normalized spacial score (nSPS) is 8.41. The van der Waals surface area contributed by atoms with E-state index < -0.39 is 23.9 Å². The molecule has 0 aromatic carbocycles. The van der Waals surface area contributed by atoms with Gasteiger partial charge in [-0.15, -0.1) is 0 Å². The zero-order valence-electron chi connectivity index (χ0n) is 18.2. The van der Waals surface area contributed by atoms with Gasteiger partial charge in [0.15, 0.2) is 0 Å². The Morgan fingerprint density at radius 3 is 0.897 bits per heavy atom. The second-order valence-corrected chi connectivity index (χ2v) is 5.88. The molecule has 0 fully saturated rings. The molecule has 2 N–H and O–H groups in total. The summed E-state index contributed by atoms with van der Waals surface area (Å²) in [5.41, 5.74) is 0. The summed E-state index contributed by atoms with van der Waals surface area (Å²) in [6.45, 7) is 11.6. The van der Waals surface area contributed by atoms with E-state index in [1.165, 1.54) is 13.8 Å². The van der Waals surface area contributed by atoms with E-state index in [9.17, 15) is 28.8 Å². The summed E-state index contributed by atoms with van der Waals surface area (Å²) in [5, 5.41) is 16.1. The molecule has 11 heteroatoms. The minimum absolute atomic E-state index is 0. The number of esters is 4. The van der Waals surface area contributed by atoms with Gasteiger partial charge in [0.05, 0.1) is 0 Å². The molecule has 0 unspecified atom stereocenters. The van der Waals surface area contributed by atoms with Gasteiger partial charge >= 0.3 is 23.9 Å². The molecule has 0 bridgehead atoms. The standard InChI is InChI=1S/2C6H8O4.2C3H8O.Ti/c2*1-4(7)3-6(9)10-5(2)8;2*1-3(2)4;/h2*3H2,1-2H3;2*3-4H,1-2H3;. The second-order valence-electron chi connectivity index (χ2n) is 5.88. The maximum atomic E-state index is 10.4. The average Bonchev–Trinajstić information content (AvgIpc) is 2.32. The molecule has 0 aliphatic carbocycles. The van der Waals surface area contributed by atoms with E-state index >= 15 is 0 Å². The van der Waals surface area contributed by atoms with Crippen molar-refractivity contribution in [1.29, 1.82) is 0 Å². The van der Waals surface area contributed by atoms with Crippen LogP contribution in [0.4, 0.5) is 0 Å². The number of hydrogen-bond acceptors (Lipinski definition) is 10. The van der Waals surface area contributed by atoms with E-state index in [-0.39, 0.29) is 58.3 Å². The zero-order chi connectivity index (χ0) is 23.4. The van der Waals surface area contributed by atoms with E-state index in [0.717, 1.165) is 13.8 Å². The van der Waals surface area contributed by atoms with Crippen molar-refractivity contribution in [3.63, 3.8) is 0 Å². The first-order valence-electron chi connectivity index (χ1n) is 8.28. The molecular weight excluding hydrogens is 424 g/mol. The molecule has 0 atom stereocenters. The average molecular weight is 456 g/mol. The van der Waals surface area contributed by atoms with Gasteiger partial charge in [-0.3, -0.25) is 28.8 Å². The number of carbonyl (C=O) groups is 6. The van der Waals surface area contributed by atoms with Gasteiger partial charge in [-0.1, -0.05) is 0 Å². The number of hydrogen-bond donors (Lipinski definition) is 2. The minimum atomic E-state index is -0.792. The smallest absolute Gasteiger partial charge is 0.320 e. The van der Waals surface area contributed by atoms with Crippen LogP contribution in [0.3, 0.4) is 0 Å². The van der Waals surface area contributed by atoms with E-state index in [4.69, 9.17) is 10.2 Å². The van der Waals surface area contributed by atoms with Gasteiger partial charge in [0, 0.05) is 47.8 Å². The number of aliphatic hydroxyl groups is 2. The first-order chi connectivity index (χ1) is 12.5. The molecule has 0 saturated carbocycles. The van der Waals surface area contributed by atoms with Crippen molar-refractivity contribution in [2.24, 2.45) is 0 Å². The van der Waals surface area contributed by atoms with Crippen molar-refractivity contribution in [1.82, 2.24) is 0 Å². The Bertz CT molecular complexity index is 425. The van der Waals surface area contributed by atoms with Crippen LogP contribution in [0, 0.1) is 0 Å². The van der Waals surface area contributed by atoms with Gasteiger partial charge in [0.2, 0.25) is 0 Å². The van der Waals surface area contributed by atoms with Gasteiger partial charge in [-0.25, -0.2) is 0 Å². The predicted octanol–water partition coefficient (Wildman–Crippen LogP) is 0.882. The summed E-state index contributed by atoms with van der Waals surface area (Å²) >= 11 is 0. The zero-order valence-corrected chi connectivity index (χ0v) is 19.8. The van der Waals surface area contributed by atoms with Gasteiger partial charge in [0.1, 0.15) is 24.4 Å². The summed E-state index contributed by atoms with van der Waals surface area (Å²) < 4.78 is 8.12. The van der Waals surface area contributed by atoms with E-state index in [1.807, 2.05) is 0 Å². The van der Waals surface area contributed by atoms with Crippen molar-refractivity contribution in [3.8, 4) is 0 Å². The topological polar surface area (TPSA) is 161 Å². The Labute approximate surface area is 186 Å². The number of carbonyl (C=O) groups excluding carboxylic acids is 6. The first-order valence-corrected chi connectivity index (χ1v) is 8.28. The molecule has 0 aliphatic rings. The molecule has 0 aliphatic heterocycles. The number of rotatable bonds is 4. The molecule has 0 rings (SSSR count). The Morgan fingerprint density at radius 2 is 0.793 bits per heavy atom. The SMILES string of the molecule is CC(=O)CC(=O)OC(C)=O.CC(=O)CC(=O)OC(C)=O.CC(C)O.CC(C)O.[Ti]. The number of ether oxygens (including phenoxy) is 2. The summed E-state index contributed by atoms with van der Waals surface area (Å²) in [4.78, 5) is 61.4.